The number of benzene rings is 1. The average Bonchev–Trinajstić information content (AvgIpc) is 3.67. The molecular weight excluding hydrogens is 537 g/mol. The number of para-hydroxylation sites is 1. The molecule has 4 N–H and O–H groups in total. The largest absolute Gasteiger partial charge is 0.462 e. The third-order valence-corrected chi connectivity index (χ3v) is 8.79. The van der Waals surface area contributed by atoms with E-state index in [0.717, 1.165) is 10.6 Å². The number of aromatic nitrogens is 2. The van der Waals surface area contributed by atoms with Gasteiger partial charge in [-0.3, -0.25) is 19.1 Å². The molecule has 2 heterocycles. The summed E-state index contributed by atoms with van der Waals surface area (Å²) in [4.78, 5) is 38.6. The van der Waals surface area contributed by atoms with Gasteiger partial charge in [0.25, 0.3) is 5.56 Å². The van der Waals surface area contributed by atoms with E-state index in [1.54, 1.807) is 51.1 Å². The van der Waals surface area contributed by atoms with Crippen molar-refractivity contribution in [2.75, 3.05) is 6.61 Å². The predicted molar refractivity (Wildman–Crippen MR) is 140 cm³/mol. The highest BCUT2D eigenvalue weighted by atomic mass is 32.5. The first-order chi connectivity index (χ1) is 17.9. The van der Waals surface area contributed by atoms with Crippen LogP contribution in [0, 0.1) is 5.92 Å². The topological polar surface area (TPSA) is 161 Å². The fraction of sp³-hybridized carbons (Fsp3) is 0.542. The number of ether oxygens (including phenoxy) is 2. The number of rotatable bonds is 11. The van der Waals surface area contributed by atoms with Crippen LogP contribution in [-0.2, 0) is 30.6 Å². The quantitative estimate of drug-likeness (QED) is 0.227. The maximum absolute atomic E-state index is 12.5. The average molecular weight is 570 g/mol. The standard InChI is InChI=1S/C24H32N3O9PS/c1-14(2)34-21(30)15(3)26-37(38,36-17-7-5-4-6-8-17)33-13-18-20(29)24(32,16-9-10-16)22(35-18)27-12-11-19(28)25-23(27)31/h4-8,11-12,14-16,18,20,22,29,32H,9-10,13H2,1-3H3,(H,26,38)(H,25,28,31). The molecule has 208 valence electrons. The molecule has 0 radical (unpaired) electrons. The van der Waals surface area contributed by atoms with Crippen LogP contribution in [-0.4, -0.2) is 62.3 Å². The number of aliphatic hydroxyl groups excluding tert-OH is 1. The molecule has 1 saturated heterocycles. The van der Waals surface area contributed by atoms with Crippen molar-refractivity contribution in [3.05, 3.63) is 63.4 Å². The Morgan fingerprint density at radius 2 is 1.95 bits per heavy atom. The van der Waals surface area contributed by atoms with Crippen LogP contribution in [0.25, 0.3) is 0 Å². The zero-order chi connectivity index (χ0) is 27.7. The Balaban J connectivity index is 1.56. The fourth-order valence-corrected chi connectivity index (χ4v) is 6.74. The summed E-state index contributed by atoms with van der Waals surface area (Å²) in [6.45, 7) is 1.25. The van der Waals surface area contributed by atoms with Crippen LogP contribution in [0.15, 0.2) is 52.2 Å². The Morgan fingerprint density at radius 1 is 1.26 bits per heavy atom. The Hall–Kier alpha value is -2.38. The third-order valence-electron chi connectivity index (χ3n) is 6.30. The number of aliphatic hydroxyl groups is 2. The smallest absolute Gasteiger partial charge is 0.330 e. The van der Waals surface area contributed by atoms with Crippen molar-refractivity contribution >= 4 is 24.4 Å². The first kappa shape index (κ1) is 28.6. The lowest BCUT2D eigenvalue weighted by Gasteiger charge is -2.32. The summed E-state index contributed by atoms with van der Waals surface area (Å²) in [6, 6.07) is 8.90. The van der Waals surface area contributed by atoms with E-state index >= 15 is 0 Å². The predicted octanol–water partition coefficient (Wildman–Crippen LogP) is 1.19. The molecule has 14 heteroatoms. The van der Waals surface area contributed by atoms with Gasteiger partial charge in [0.05, 0.1) is 12.7 Å². The van der Waals surface area contributed by atoms with E-state index in [9.17, 15) is 24.6 Å². The maximum Gasteiger partial charge on any atom is 0.330 e. The van der Waals surface area contributed by atoms with Gasteiger partial charge in [0, 0.05) is 12.3 Å². The molecule has 1 aliphatic carbocycles. The van der Waals surface area contributed by atoms with Gasteiger partial charge >= 0.3 is 18.3 Å². The maximum atomic E-state index is 12.5. The zero-order valence-corrected chi connectivity index (χ0v) is 22.9. The van der Waals surface area contributed by atoms with Crippen molar-refractivity contribution in [2.24, 2.45) is 5.92 Å². The van der Waals surface area contributed by atoms with Crippen molar-refractivity contribution in [3.8, 4) is 5.75 Å². The number of aromatic amines is 1. The third kappa shape index (κ3) is 6.26. The lowest BCUT2D eigenvalue weighted by Crippen LogP contribution is -2.51. The van der Waals surface area contributed by atoms with Crippen molar-refractivity contribution in [2.45, 2.75) is 69.8 Å². The van der Waals surface area contributed by atoms with Gasteiger partial charge in [0.2, 0.25) is 0 Å². The van der Waals surface area contributed by atoms with Gasteiger partial charge in [-0.15, -0.1) is 0 Å². The molecule has 1 aliphatic heterocycles. The molecule has 1 saturated carbocycles. The van der Waals surface area contributed by atoms with Crippen LogP contribution in [0.3, 0.4) is 0 Å². The van der Waals surface area contributed by atoms with Crippen molar-refractivity contribution in [1.29, 1.82) is 0 Å². The van der Waals surface area contributed by atoms with Gasteiger partial charge in [-0.1, -0.05) is 18.2 Å². The van der Waals surface area contributed by atoms with Gasteiger partial charge in [-0.25, -0.2) is 9.88 Å². The van der Waals surface area contributed by atoms with E-state index in [1.807, 2.05) is 0 Å². The molecule has 2 aromatic rings. The Kier molecular flexibility index (Phi) is 8.58. The SMILES string of the molecule is CC(C)OC(=O)C(C)NP(=S)(OCC1OC(n2ccc(=O)[nH]c2=O)C(O)(C2CC2)C1O)Oc1ccccc1. The number of hydrogen-bond acceptors (Lipinski definition) is 10. The number of esters is 1. The molecule has 0 spiro atoms. The van der Waals surface area contributed by atoms with Gasteiger partial charge in [-0.05, 0) is 63.5 Å². The zero-order valence-electron chi connectivity index (χ0n) is 21.2. The monoisotopic (exact) mass is 569 g/mol. The van der Waals surface area contributed by atoms with Crippen LogP contribution in [0.5, 0.6) is 5.75 Å². The molecule has 4 rings (SSSR count). The summed E-state index contributed by atoms with van der Waals surface area (Å²) in [7, 11) is 0. The Bertz CT molecular complexity index is 1300. The highest BCUT2D eigenvalue weighted by Crippen LogP contribution is 2.53. The molecule has 2 fully saturated rings. The number of nitrogens with one attached hydrogen (secondary N) is 2. The lowest BCUT2D eigenvalue weighted by molar-refractivity contribution is -0.149. The molecule has 1 aromatic carbocycles. The van der Waals surface area contributed by atoms with E-state index in [1.165, 1.54) is 6.20 Å². The van der Waals surface area contributed by atoms with Crippen LogP contribution in [0.2, 0.25) is 0 Å². The minimum absolute atomic E-state index is 0.320. The summed E-state index contributed by atoms with van der Waals surface area (Å²) in [5.74, 6) is -0.473. The second-order valence-electron chi connectivity index (χ2n) is 9.68. The summed E-state index contributed by atoms with van der Waals surface area (Å²) in [5, 5.41) is 25.6. The molecule has 0 amide bonds. The molecule has 38 heavy (non-hydrogen) atoms. The molecular formula is C24H32N3O9PS. The van der Waals surface area contributed by atoms with Crippen LogP contribution in [0.1, 0.15) is 39.8 Å². The molecule has 1 aromatic heterocycles. The number of carbonyl (C=O) groups is 1. The minimum atomic E-state index is -3.44. The number of H-pyrrole nitrogens is 1. The van der Waals surface area contributed by atoms with Crippen molar-refractivity contribution < 1.29 is 33.5 Å². The van der Waals surface area contributed by atoms with E-state index in [2.05, 4.69) is 10.1 Å². The minimum Gasteiger partial charge on any atom is -0.462 e. The van der Waals surface area contributed by atoms with E-state index in [4.69, 9.17) is 30.3 Å². The molecule has 6 atom stereocenters. The van der Waals surface area contributed by atoms with E-state index in [-0.39, 0.29) is 18.6 Å². The Labute approximate surface area is 224 Å². The number of hydrogen-bond donors (Lipinski definition) is 4. The van der Waals surface area contributed by atoms with Gasteiger partial charge in [0.15, 0.2) is 6.23 Å². The van der Waals surface area contributed by atoms with Gasteiger partial charge in [-0.2, -0.15) is 0 Å². The molecule has 2 aliphatic rings. The summed E-state index contributed by atoms with van der Waals surface area (Å²) in [5.41, 5.74) is -3.19. The van der Waals surface area contributed by atoms with Crippen molar-refractivity contribution in [1.82, 2.24) is 14.6 Å². The van der Waals surface area contributed by atoms with Crippen LogP contribution in [0.4, 0.5) is 0 Å². The molecule has 12 nitrogen and oxygen atoms in total. The highest BCUT2D eigenvalue weighted by molar-refractivity contribution is 8.09. The molecule has 6 unspecified atom stereocenters. The van der Waals surface area contributed by atoms with Gasteiger partial charge < -0.3 is 28.7 Å². The second-order valence-corrected chi connectivity index (χ2v) is 12.8. The van der Waals surface area contributed by atoms with Gasteiger partial charge in [0.1, 0.15) is 29.6 Å². The first-order valence-corrected chi connectivity index (χ1v) is 14.9. The summed E-state index contributed by atoms with van der Waals surface area (Å²) in [6.07, 6.45) is -1.69. The van der Waals surface area contributed by atoms with Crippen LogP contribution >= 0.6 is 6.64 Å². The molecule has 0 bridgehead atoms. The first-order valence-electron chi connectivity index (χ1n) is 12.3. The Morgan fingerprint density at radius 3 is 2.55 bits per heavy atom. The van der Waals surface area contributed by atoms with Crippen molar-refractivity contribution in [3.63, 3.8) is 0 Å². The van der Waals surface area contributed by atoms with Crippen LogP contribution < -0.4 is 20.9 Å². The van der Waals surface area contributed by atoms with E-state index < -0.39 is 53.9 Å². The number of carbonyl (C=O) groups excluding carboxylic acids is 1. The summed E-state index contributed by atoms with van der Waals surface area (Å²) < 4.78 is 24.2. The highest BCUT2D eigenvalue weighted by Gasteiger charge is 2.63. The summed E-state index contributed by atoms with van der Waals surface area (Å²) >= 11 is 5.70. The fourth-order valence-electron chi connectivity index (χ4n) is 4.32. The van der Waals surface area contributed by atoms with E-state index in [0.29, 0.717) is 18.6 Å². The normalized spacial score (nSPS) is 27.6. The lowest BCUT2D eigenvalue weighted by atomic mass is 9.89. The number of nitrogens with zero attached hydrogens (tertiary/aromatic N) is 1. The second kappa shape index (κ2) is 11.4.